The Morgan fingerprint density at radius 1 is 1.00 bits per heavy atom. The Morgan fingerprint density at radius 3 is 2.30 bits per heavy atom. The molecule has 178 valence electrons. The maximum atomic E-state index is 12.3. The standard InChI is InChI=1S/C22H28N2O2.C5H9NO/c1-15-4-7-17(8-5-15)18-9-11-19(12-10-18)23-22(25)24-20-14-16(2)6-13-21(20)26-3;7-5-3-1-2-4-6-5/h6,9-15,17H,4-5,7-8H2,1-3H3,(H2,23,24,25);1-4H2,(H,6,7). The molecule has 3 amide bonds. The number of piperidine rings is 1. The van der Waals surface area contributed by atoms with Crippen LogP contribution in [0.25, 0.3) is 0 Å². The third-order valence-electron chi connectivity index (χ3n) is 6.41. The molecule has 2 aromatic carbocycles. The summed E-state index contributed by atoms with van der Waals surface area (Å²) in [7, 11) is 1.60. The summed E-state index contributed by atoms with van der Waals surface area (Å²) in [6, 6.07) is 13.7. The number of carbonyl (C=O) groups is 2. The van der Waals surface area contributed by atoms with Gasteiger partial charge in [0.1, 0.15) is 5.75 Å². The normalized spacial score (nSPS) is 20.0. The molecule has 1 heterocycles. The van der Waals surface area contributed by atoms with Gasteiger partial charge in [-0.15, -0.1) is 0 Å². The first-order valence-electron chi connectivity index (χ1n) is 12.0. The number of hydrogen-bond acceptors (Lipinski definition) is 3. The van der Waals surface area contributed by atoms with Gasteiger partial charge < -0.3 is 20.7 Å². The smallest absolute Gasteiger partial charge is 0.323 e. The molecule has 2 aromatic rings. The van der Waals surface area contributed by atoms with Crippen molar-refractivity contribution in [3.8, 4) is 5.75 Å². The Morgan fingerprint density at radius 2 is 1.73 bits per heavy atom. The zero-order chi connectivity index (χ0) is 23.6. The predicted octanol–water partition coefficient (Wildman–Crippen LogP) is 6.23. The van der Waals surface area contributed by atoms with E-state index in [0.29, 0.717) is 17.4 Å². The fourth-order valence-electron chi connectivity index (χ4n) is 4.36. The second-order valence-corrected chi connectivity index (χ2v) is 9.17. The maximum Gasteiger partial charge on any atom is 0.323 e. The maximum absolute atomic E-state index is 12.3. The Hall–Kier alpha value is -3.02. The third-order valence-corrected chi connectivity index (χ3v) is 6.41. The molecule has 2 fully saturated rings. The number of carbonyl (C=O) groups excluding carboxylic acids is 2. The predicted molar refractivity (Wildman–Crippen MR) is 134 cm³/mol. The molecule has 1 aliphatic heterocycles. The van der Waals surface area contributed by atoms with Crippen LogP contribution < -0.4 is 20.7 Å². The largest absolute Gasteiger partial charge is 0.495 e. The average molecular weight is 452 g/mol. The zero-order valence-electron chi connectivity index (χ0n) is 20.1. The summed E-state index contributed by atoms with van der Waals surface area (Å²) in [5.41, 5.74) is 3.90. The second-order valence-electron chi connectivity index (χ2n) is 9.17. The lowest BCUT2D eigenvalue weighted by atomic mass is 9.79. The number of amides is 3. The summed E-state index contributed by atoms with van der Waals surface area (Å²) in [6.07, 6.45) is 8.12. The summed E-state index contributed by atoms with van der Waals surface area (Å²) in [6.45, 7) is 5.21. The lowest BCUT2D eigenvalue weighted by molar-refractivity contribution is -0.122. The van der Waals surface area contributed by atoms with Gasteiger partial charge in [-0.3, -0.25) is 4.79 Å². The number of benzene rings is 2. The van der Waals surface area contributed by atoms with E-state index >= 15 is 0 Å². The highest BCUT2D eigenvalue weighted by atomic mass is 16.5. The molecule has 0 spiro atoms. The van der Waals surface area contributed by atoms with Crippen molar-refractivity contribution in [2.45, 2.75) is 64.7 Å². The van der Waals surface area contributed by atoms with Crippen molar-refractivity contribution in [1.29, 1.82) is 0 Å². The van der Waals surface area contributed by atoms with E-state index in [4.69, 9.17) is 4.74 Å². The van der Waals surface area contributed by atoms with Gasteiger partial charge in [-0.1, -0.05) is 38.0 Å². The highest BCUT2D eigenvalue weighted by Crippen LogP contribution is 2.35. The molecule has 6 heteroatoms. The highest BCUT2D eigenvalue weighted by molar-refractivity contribution is 6.00. The molecule has 0 radical (unpaired) electrons. The van der Waals surface area contributed by atoms with Crippen LogP contribution in [0.15, 0.2) is 42.5 Å². The first kappa shape index (κ1) is 24.6. The van der Waals surface area contributed by atoms with Crippen molar-refractivity contribution in [3.05, 3.63) is 53.6 Å². The fraction of sp³-hybridized carbons (Fsp3) is 0.481. The average Bonchev–Trinajstić information content (AvgIpc) is 2.81. The van der Waals surface area contributed by atoms with Crippen LogP contribution in [0.3, 0.4) is 0 Å². The van der Waals surface area contributed by atoms with Crippen molar-refractivity contribution in [2.75, 3.05) is 24.3 Å². The SMILES string of the molecule is COc1ccc(C)cc1NC(=O)Nc1ccc(C2CCC(C)CC2)cc1.O=C1CCCCN1. The molecule has 33 heavy (non-hydrogen) atoms. The molecule has 0 atom stereocenters. The number of anilines is 2. The Labute approximate surface area is 197 Å². The molecule has 1 saturated carbocycles. The number of methoxy groups -OCH3 is 1. The van der Waals surface area contributed by atoms with Gasteiger partial charge in [0.2, 0.25) is 5.91 Å². The second kappa shape index (κ2) is 12.3. The van der Waals surface area contributed by atoms with Crippen molar-refractivity contribution < 1.29 is 14.3 Å². The summed E-state index contributed by atoms with van der Waals surface area (Å²) < 4.78 is 5.30. The van der Waals surface area contributed by atoms with E-state index < -0.39 is 0 Å². The number of urea groups is 1. The summed E-state index contributed by atoms with van der Waals surface area (Å²) in [5, 5.41) is 8.49. The van der Waals surface area contributed by atoms with Crippen molar-refractivity contribution >= 4 is 23.3 Å². The van der Waals surface area contributed by atoms with E-state index in [1.807, 2.05) is 37.3 Å². The Kier molecular flexibility index (Phi) is 9.16. The highest BCUT2D eigenvalue weighted by Gasteiger charge is 2.19. The van der Waals surface area contributed by atoms with Crippen LogP contribution in [0.1, 0.15) is 68.9 Å². The molecule has 6 nitrogen and oxygen atoms in total. The summed E-state index contributed by atoms with van der Waals surface area (Å²) in [5.74, 6) is 2.37. The molecule has 2 aliphatic rings. The molecule has 3 N–H and O–H groups in total. The number of ether oxygens (including phenoxy) is 1. The molecular formula is C27H37N3O3. The molecule has 1 aliphatic carbocycles. The third kappa shape index (κ3) is 7.81. The van der Waals surface area contributed by atoms with Gasteiger partial charge in [0.05, 0.1) is 12.8 Å². The summed E-state index contributed by atoms with van der Waals surface area (Å²) >= 11 is 0. The fourth-order valence-corrected chi connectivity index (χ4v) is 4.36. The van der Waals surface area contributed by atoms with Crippen molar-refractivity contribution in [1.82, 2.24) is 5.32 Å². The monoisotopic (exact) mass is 451 g/mol. The van der Waals surface area contributed by atoms with E-state index in [1.165, 1.54) is 31.2 Å². The summed E-state index contributed by atoms with van der Waals surface area (Å²) in [4.78, 5) is 22.7. The van der Waals surface area contributed by atoms with Crippen LogP contribution >= 0.6 is 0 Å². The molecule has 0 aromatic heterocycles. The van der Waals surface area contributed by atoms with Gasteiger partial charge in [-0.05, 0) is 79.8 Å². The van der Waals surface area contributed by atoms with Crippen LogP contribution in [0.4, 0.5) is 16.2 Å². The lowest BCUT2D eigenvalue weighted by Gasteiger charge is -2.26. The van der Waals surface area contributed by atoms with E-state index in [0.717, 1.165) is 43.0 Å². The molecule has 1 saturated heterocycles. The number of nitrogens with one attached hydrogen (secondary N) is 3. The van der Waals surface area contributed by atoms with Gasteiger partial charge in [-0.25, -0.2) is 4.79 Å². The van der Waals surface area contributed by atoms with Crippen LogP contribution in [0, 0.1) is 12.8 Å². The molecule has 0 bridgehead atoms. The van der Waals surface area contributed by atoms with Gasteiger partial charge in [0.15, 0.2) is 0 Å². The van der Waals surface area contributed by atoms with Gasteiger partial charge in [-0.2, -0.15) is 0 Å². The minimum absolute atomic E-state index is 0.214. The molecule has 4 rings (SSSR count). The first-order chi connectivity index (χ1) is 15.9. The van der Waals surface area contributed by atoms with E-state index in [1.54, 1.807) is 7.11 Å². The number of aryl methyl sites for hydroxylation is 1. The van der Waals surface area contributed by atoms with Gasteiger partial charge >= 0.3 is 6.03 Å². The minimum Gasteiger partial charge on any atom is -0.495 e. The van der Waals surface area contributed by atoms with Gasteiger partial charge in [0.25, 0.3) is 0 Å². The Balaban J connectivity index is 0.000000374. The van der Waals surface area contributed by atoms with Crippen molar-refractivity contribution in [2.24, 2.45) is 5.92 Å². The quantitative estimate of drug-likeness (QED) is 0.516. The van der Waals surface area contributed by atoms with E-state index in [-0.39, 0.29) is 11.9 Å². The van der Waals surface area contributed by atoms with Gasteiger partial charge in [0, 0.05) is 18.7 Å². The van der Waals surface area contributed by atoms with Crippen LogP contribution in [-0.2, 0) is 4.79 Å². The Bertz CT molecular complexity index is 911. The molecule has 0 unspecified atom stereocenters. The minimum atomic E-state index is -0.270. The number of rotatable bonds is 4. The van der Waals surface area contributed by atoms with Crippen LogP contribution in [-0.4, -0.2) is 25.6 Å². The van der Waals surface area contributed by atoms with E-state index in [2.05, 4.69) is 35.0 Å². The van der Waals surface area contributed by atoms with E-state index in [9.17, 15) is 9.59 Å². The lowest BCUT2D eigenvalue weighted by Crippen LogP contribution is -2.28. The molecular weight excluding hydrogens is 414 g/mol. The van der Waals surface area contributed by atoms with Crippen LogP contribution in [0.5, 0.6) is 5.75 Å². The topological polar surface area (TPSA) is 79.5 Å². The number of hydrogen-bond donors (Lipinski definition) is 3. The van der Waals surface area contributed by atoms with Crippen LogP contribution in [0.2, 0.25) is 0 Å². The zero-order valence-corrected chi connectivity index (χ0v) is 20.1. The first-order valence-corrected chi connectivity index (χ1v) is 12.0. The van der Waals surface area contributed by atoms with Crippen molar-refractivity contribution in [3.63, 3.8) is 0 Å².